The number of amides is 2. The first-order chi connectivity index (χ1) is 14.2. The predicted molar refractivity (Wildman–Crippen MR) is 110 cm³/mol. The third-order valence-corrected chi connectivity index (χ3v) is 4.75. The second-order valence-electron chi connectivity index (χ2n) is 8.36. The number of hydrogen-bond donors (Lipinski definition) is 3. The van der Waals surface area contributed by atoms with Crippen LogP contribution >= 0.6 is 0 Å². The minimum absolute atomic E-state index is 0.152. The minimum atomic E-state index is -1.46. The Hall–Kier alpha value is -2.45. The first kappa shape index (κ1) is 23.8. The molecule has 1 aliphatic rings. The Morgan fingerprint density at radius 2 is 1.63 bits per heavy atom. The number of carbonyl (C=O) groups excluding carboxylic acids is 2. The van der Waals surface area contributed by atoms with Crippen LogP contribution in [0.2, 0.25) is 0 Å². The van der Waals surface area contributed by atoms with Crippen molar-refractivity contribution in [2.45, 2.75) is 65.1 Å². The fourth-order valence-corrected chi connectivity index (χ4v) is 3.16. The number of carboxylic acid groups (broad SMARTS) is 1. The summed E-state index contributed by atoms with van der Waals surface area (Å²) in [5.41, 5.74) is 0.615. The average molecular weight is 421 g/mol. The summed E-state index contributed by atoms with van der Waals surface area (Å²) in [6.07, 6.45) is -2.53. The molecule has 2 amide bonds. The zero-order valence-electron chi connectivity index (χ0n) is 18.0. The van der Waals surface area contributed by atoms with Gasteiger partial charge in [0.1, 0.15) is 6.04 Å². The van der Waals surface area contributed by atoms with E-state index in [0.717, 1.165) is 6.42 Å². The summed E-state index contributed by atoms with van der Waals surface area (Å²) >= 11 is 0. The fraction of sp³-hybridized carbons (Fsp3) is 0.591. The second kappa shape index (κ2) is 11.1. The number of benzene rings is 1. The van der Waals surface area contributed by atoms with E-state index in [0.29, 0.717) is 24.4 Å². The lowest BCUT2D eigenvalue weighted by molar-refractivity contribution is -0.152. The molecule has 1 fully saturated rings. The van der Waals surface area contributed by atoms with Gasteiger partial charge in [-0.3, -0.25) is 9.59 Å². The van der Waals surface area contributed by atoms with Gasteiger partial charge in [0, 0.05) is 12.1 Å². The maximum Gasteiger partial charge on any atom is 0.336 e. The highest BCUT2D eigenvalue weighted by molar-refractivity contribution is 5.92. The predicted octanol–water partition coefficient (Wildman–Crippen LogP) is 2.25. The van der Waals surface area contributed by atoms with Crippen molar-refractivity contribution in [1.82, 2.24) is 10.6 Å². The molecule has 1 unspecified atom stereocenters. The van der Waals surface area contributed by atoms with E-state index in [-0.39, 0.29) is 11.8 Å². The van der Waals surface area contributed by atoms with Crippen molar-refractivity contribution in [2.24, 2.45) is 11.8 Å². The largest absolute Gasteiger partial charge is 0.479 e. The molecule has 166 valence electrons. The Morgan fingerprint density at radius 3 is 2.20 bits per heavy atom. The molecular formula is C22H32N2O6. The number of nitrogens with one attached hydrogen (secondary N) is 2. The van der Waals surface area contributed by atoms with E-state index >= 15 is 0 Å². The SMILES string of the molecule is CC(C)CCNC(=O)[C@H](CC(C)C)NC(=O)[C@H]1OC(c2ccccc2)O[C@@H]1C(=O)O. The fourth-order valence-electron chi connectivity index (χ4n) is 3.16. The monoisotopic (exact) mass is 420 g/mol. The third-order valence-electron chi connectivity index (χ3n) is 4.75. The van der Waals surface area contributed by atoms with Crippen LogP contribution in [0.1, 0.15) is 52.4 Å². The van der Waals surface area contributed by atoms with Gasteiger partial charge in [-0.05, 0) is 24.7 Å². The zero-order valence-corrected chi connectivity index (χ0v) is 18.0. The molecule has 1 aromatic rings. The molecule has 4 atom stereocenters. The molecule has 0 saturated carbocycles. The van der Waals surface area contributed by atoms with Crippen molar-refractivity contribution in [3.05, 3.63) is 35.9 Å². The normalized spacial score (nSPS) is 22.1. The van der Waals surface area contributed by atoms with Crippen molar-refractivity contribution < 1.29 is 29.0 Å². The highest BCUT2D eigenvalue weighted by Crippen LogP contribution is 2.31. The van der Waals surface area contributed by atoms with E-state index in [9.17, 15) is 19.5 Å². The molecular weight excluding hydrogens is 388 g/mol. The third kappa shape index (κ3) is 6.81. The van der Waals surface area contributed by atoms with Gasteiger partial charge >= 0.3 is 5.97 Å². The van der Waals surface area contributed by atoms with Crippen LogP contribution in [0, 0.1) is 11.8 Å². The van der Waals surface area contributed by atoms with Gasteiger partial charge in [0.05, 0.1) is 0 Å². The Morgan fingerprint density at radius 1 is 1.00 bits per heavy atom. The molecule has 0 spiro atoms. The van der Waals surface area contributed by atoms with E-state index < -0.39 is 36.4 Å². The van der Waals surface area contributed by atoms with Crippen molar-refractivity contribution in [3.8, 4) is 0 Å². The molecule has 2 rings (SSSR count). The quantitative estimate of drug-likeness (QED) is 0.535. The molecule has 8 heteroatoms. The summed E-state index contributed by atoms with van der Waals surface area (Å²) in [6.45, 7) is 8.53. The van der Waals surface area contributed by atoms with E-state index in [4.69, 9.17) is 9.47 Å². The van der Waals surface area contributed by atoms with Crippen LogP contribution in [0.25, 0.3) is 0 Å². The molecule has 30 heavy (non-hydrogen) atoms. The van der Waals surface area contributed by atoms with Gasteiger partial charge in [-0.1, -0.05) is 58.0 Å². The summed E-state index contributed by atoms with van der Waals surface area (Å²) in [6, 6.07) is 8.03. The number of ether oxygens (including phenoxy) is 2. The lowest BCUT2D eigenvalue weighted by atomic mass is 10.0. The summed E-state index contributed by atoms with van der Waals surface area (Å²) in [4.78, 5) is 37.1. The van der Waals surface area contributed by atoms with E-state index in [2.05, 4.69) is 24.5 Å². The summed E-state index contributed by atoms with van der Waals surface area (Å²) in [5, 5.41) is 15.0. The number of rotatable bonds is 10. The van der Waals surface area contributed by atoms with Gasteiger partial charge in [0.2, 0.25) is 5.91 Å². The van der Waals surface area contributed by atoms with Crippen LogP contribution in [0.3, 0.4) is 0 Å². The highest BCUT2D eigenvalue weighted by Gasteiger charge is 2.46. The Bertz CT molecular complexity index is 722. The Labute approximate surface area is 177 Å². The maximum absolute atomic E-state index is 12.9. The lowest BCUT2D eigenvalue weighted by Gasteiger charge is -2.22. The van der Waals surface area contributed by atoms with Gasteiger partial charge < -0.3 is 25.2 Å². The molecule has 1 aliphatic heterocycles. The summed E-state index contributed by atoms with van der Waals surface area (Å²) in [7, 11) is 0. The van der Waals surface area contributed by atoms with Crippen LogP contribution in [0.4, 0.5) is 0 Å². The molecule has 8 nitrogen and oxygen atoms in total. The molecule has 3 N–H and O–H groups in total. The Balaban J connectivity index is 2.08. The molecule has 1 aromatic carbocycles. The first-order valence-corrected chi connectivity index (χ1v) is 10.4. The van der Waals surface area contributed by atoms with Crippen LogP contribution in [-0.4, -0.2) is 47.7 Å². The topological polar surface area (TPSA) is 114 Å². The number of carbonyl (C=O) groups is 3. The highest BCUT2D eigenvalue weighted by atomic mass is 16.7. The zero-order chi connectivity index (χ0) is 22.3. The van der Waals surface area contributed by atoms with E-state index in [1.54, 1.807) is 24.3 Å². The first-order valence-electron chi connectivity index (χ1n) is 10.4. The molecule has 0 aromatic heterocycles. The van der Waals surface area contributed by atoms with E-state index in [1.165, 1.54) is 0 Å². The molecule has 0 radical (unpaired) electrons. The molecule has 0 bridgehead atoms. The Kier molecular flexibility index (Phi) is 8.80. The number of hydrogen-bond acceptors (Lipinski definition) is 5. The summed E-state index contributed by atoms with van der Waals surface area (Å²) in [5.74, 6) is -1.66. The van der Waals surface area contributed by atoms with Gasteiger partial charge in [0.15, 0.2) is 18.5 Å². The van der Waals surface area contributed by atoms with Crippen molar-refractivity contribution in [3.63, 3.8) is 0 Å². The van der Waals surface area contributed by atoms with Crippen molar-refractivity contribution >= 4 is 17.8 Å². The van der Waals surface area contributed by atoms with Gasteiger partial charge in [-0.15, -0.1) is 0 Å². The molecule has 1 heterocycles. The number of aliphatic carboxylic acids is 1. The van der Waals surface area contributed by atoms with Crippen molar-refractivity contribution in [1.29, 1.82) is 0 Å². The summed E-state index contributed by atoms with van der Waals surface area (Å²) < 4.78 is 11.1. The average Bonchev–Trinajstić information content (AvgIpc) is 3.13. The minimum Gasteiger partial charge on any atom is -0.479 e. The van der Waals surface area contributed by atoms with Crippen LogP contribution in [-0.2, 0) is 23.9 Å². The van der Waals surface area contributed by atoms with Crippen LogP contribution in [0.15, 0.2) is 30.3 Å². The van der Waals surface area contributed by atoms with Crippen molar-refractivity contribution in [2.75, 3.05) is 6.54 Å². The molecule has 0 aliphatic carbocycles. The maximum atomic E-state index is 12.9. The van der Waals surface area contributed by atoms with Gasteiger partial charge in [-0.2, -0.15) is 0 Å². The van der Waals surface area contributed by atoms with E-state index in [1.807, 2.05) is 19.9 Å². The lowest BCUT2D eigenvalue weighted by Crippen LogP contribution is -2.53. The van der Waals surface area contributed by atoms with Crippen LogP contribution < -0.4 is 10.6 Å². The smallest absolute Gasteiger partial charge is 0.336 e. The number of carboxylic acids is 1. The van der Waals surface area contributed by atoms with Crippen LogP contribution in [0.5, 0.6) is 0 Å². The molecule has 1 saturated heterocycles. The van der Waals surface area contributed by atoms with Gasteiger partial charge in [0.25, 0.3) is 5.91 Å². The van der Waals surface area contributed by atoms with Gasteiger partial charge in [-0.25, -0.2) is 4.79 Å². The second-order valence-corrected chi connectivity index (χ2v) is 8.36. The standard InChI is InChI=1S/C22H32N2O6/c1-13(2)10-11-23-19(25)16(12-14(3)4)24-20(26)17-18(21(27)28)30-22(29-17)15-8-6-5-7-9-15/h5-9,13-14,16-18,22H,10-12H2,1-4H3,(H,23,25)(H,24,26)(H,27,28)/t16-,17-,18-,22?/m0/s1.